The Morgan fingerprint density at radius 2 is 1.48 bits per heavy atom. The number of carbonyl (C=O) groups excluding carboxylic acids is 2. The van der Waals surface area contributed by atoms with Gasteiger partial charge in [0.1, 0.15) is 12.6 Å². The van der Waals surface area contributed by atoms with E-state index in [9.17, 15) is 18.0 Å². The van der Waals surface area contributed by atoms with E-state index in [4.69, 9.17) is 0 Å². The normalized spacial score (nSPS) is 12.7. The van der Waals surface area contributed by atoms with Crippen LogP contribution in [0.3, 0.4) is 0 Å². The monoisotopic (exact) mass is 703 g/mol. The van der Waals surface area contributed by atoms with Crippen LogP contribution >= 0.6 is 15.9 Å². The number of halogens is 1. The Bertz CT molecular complexity index is 1760. The third-order valence-corrected chi connectivity index (χ3v) is 10.3. The summed E-state index contributed by atoms with van der Waals surface area (Å²) in [5.41, 5.74) is 4.71. The molecule has 0 aromatic heterocycles. The molecule has 9 heteroatoms. The fourth-order valence-electron chi connectivity index (χ4n) is 5.26. The second-order valence-corrected chi connectivity index (χ2v) is 14.6. The lowest BCUT2D eigenvalue weighted by atomic mass is 10.0. The van der Waals surface area contributed by atoms with Crippen LogP contribution in [0.2, 0.25) is 0 Å². The summed E-state index contributed by atoms with van der Waals surface area (Å²) in [5.74, 6) is -0.781. The lowest BCUT2D eigenvalue weighted by molar-refractivity contribution is -0.140. The number of carbonyl (C=O) groups is 2. The van der Waals surface area contributed by atoms with Gasteiger partial charge in [0.2, 0.25) is 11.8 Å². The third-order valence-electron chi connectivity index (χ3n) is 8.02. The minimum atomic E-state index is -4.16. The van der Waals surface area contributed by atoms with Gasteiger partial charge in [-0.1, -0.05) is 101 Å². The molecule has 1 N–H and O–H groups in total. The molecule has 4 aromatic rings. The van der Waals surface area contributed by atoms with Crippen LogP contribution in [0.4, 0.5) is 5.69 Å². The minimum Gasteiger partial charge on any atom is -0.352 e. The Kier molecular flexibility index (Phi) is 11.8. The summed E-state index contributed by atoms with van der Waals surface area (Å²) in [5, 5.41) is 3.07. The summed E-state index contributed by atoms with van der Waals surface area (Å²) < 4.78 is 30.6. The first-order chi connectivity index (χ1) is 21.9. The van der Waals surface area contributed by atoms with E-state index in [2.05, 4.69) is 21.2 Å². The summed E-state index contributed by atoms with van der Waals surface area (Å²) in [6, 6.07) is 28.2. The first-order valence-electron chi connectivity index (χ1n) is 15.4. The van der Waals surface area contributed by atoms with Crippen molar-refractivity contribution >= 4 is 43.5 Å². The van der Waals surface area contributed by atoms with Gasteiger partial charge < -0.3 is 10.2 Å². The Morgan fingerprint density at radius 1 is 0.826 bits per heavy atom. The van der Waals surface area contributed by atoms with Crippen LogP contribution in [0, 0.1) is 20.8 Å². The van der Waals surface area contributed by atoms with Gasteiger partial charge in [-0.3, -0.25) is 13.9 Å². The quantitative estimate of drug-likeness (QED) is 0.161. The molecule has 7 nitrogen and oxygen atoms in total. The van der Waals surface area contributed by atoms with Crippen molar-refractivity contribution in [1.82, 2.24) is 10.2 Å². The van der Waals surface area contributed by atoms with Crippen LogP contribution in [0.15, 0.2) is 106 Å². The number of aryl methyl sites for hydroxylation is 3. The van der Waals surface area contributed by atoms with E-state index >= 15 is 0 Å². The van der Waals surface area contributed by atoms with Crippen LogP contribution in [0.5, 0.6) is 0 Å². The van der Waals surface area contributed by atoms with E-state index in [0.29, 0.717) is 5.69 Å². The van der Waals surface area contributed by atoms with Crippen molar-refractivity contribution in [2.45, 2.75) is 71.0 Å². The van der Waals surface area contributed by atoms with Crippen molar-refractivity contribution in [2.75, 3.05) is 10.8 Å². The molecule has 2 amide bonds. The van der Waals surface area contributed by atoms with E-state index in [1.165, 1.54) is 9.21 Å². The zero-order valence-electron chi connectivity index (χ0n) is 27.0. The summed E-state index contributed by atoms with van der Waals surface area (Å²) in [6.07, 6.45) is 0.982. The zero-order valence-corrected chi connectivity index (χ0v) is 29.4. The van der Waals surface area contributed by atoms with Crippen molar-refractivity contribution < 1.29 is 18.0 Å². The van der Waals surface area contributed by atoms with Gasteiger partial charge in [0.05, 0.1) is 10.6 Å². The zero-order chi connectivity index (χ0) is 33.4. The molecule has 0 saturated heterocycles. The van der Waals surface area contributed by atoms with Crippen molar-refractivity contribution in [3.63, 3.8) is 0 Å². The smallest absolute Gasteiger partial charge is 0.264 e. The topological polar surface area (TPSA) is 86.8 Å². The fourth-order valence-corrected chi connectivity index (χ4v) is 7.19. The predicted octanol–water partition coefficient (Wildman–Crippen LogP) is 7.12. The SMILES string of the molecule is CC[C@@H](C)NC(=O)[C@@H](Cc1ccccc1)N(Cc1cccc(Br)c1)C(=O)CN(c1ccc(C)cc1C)S(=O)(=O)c1ccc(C)cc1. The first-order valence-corrected chi connectivity index (χ1v) is 17.7. The molecule has 0 spiro atoms. The summed E-state index contributed by atoms with van der Waals surface area (Å²) in [6.45, 7) is 9.18. The van der Waals surface area contributed by atoms with E-state index < -0.39 is 28.5 Å². The average molecular weight is 705 g/mol. The molecule has 0 unspecified atom stereocenters. The standard InChI is InChI=1S/C37H42BrN3O4S/c1-6-29(5)39-37(43)35(23-30-11-8-7-9-12-30)40(24-31-13-10-14-32(38)22-31)36(42)25-41(34-20-17-27(3)21-28(34)4)46(44,45)33-18-15-26(2)16-19-33/h7-22,29,35H,6,23-25H2,1-5H3,(H,39,43)/t29-,35-/m1/s1. The van der Waals surface area contributed by atoms with Crippen LogP contribution in [-0.4, -0.2) is 43.8 Å². The van der Waals surface area contributed by atoms with Crippen molar-refractivity contribution in [2.24, 2.45) is 0 Å². The van der Waals surface area contributed by atoms with Gasteiger partial charge in [0.15, 0.2) is 0 Å². The van der Waals surface area contributed by atoms with Gasteiger partial charge in [0.25, 0.3) is 10.0 Å². The number of amides is 2. The number of nitrogens with one attached hydrogen (secondary N) is 1. The molecular weight excluding hydrogens is 662 g/mol. The largest absolute Gasteiger partial charge is 0.352 e. The number of hydrogen-bond acceptors (Lipinski definition) is 4. The molecule has 0 aliphatic carbocycles. The molecule has 242 valence electrons. The molecule has 4 aromatic carbocycles. The van der Waals surface area contributed by atoms with Gasteiger partial charge in [-0.2, -0.15) is 0 Å². The minimum absolute atomic E-state index is 0.0831. The second kappa shape index (κ2) is 15.6. The molecule has 0 heterocycles. The van der Waals surface area contributed by atoms with Gasteiger partial charge in [-0.15, -0.1) is 0 Å². The first kappa shape index (κ1) is 34.9. The van der Waals surface area contributed by atoms with Crippen molar-refractivity contribution in [1.29, 1.82) is 0 Å². The van der Waals surface area contributed by atoms with Gasteiger partial charge in [-0.05, 0) is 81.1 Å². The van der Waals surface area contributed by atoms with Gasteiger partial charge >= 0.3 is 0 Å². The number of anilines is 1. The maximum Gasteiger partial charge on any atom is 0.264 e. The van der Waals surface area contributed by atoms with E-state index in [1.807, 2.05) is 101 Å². The fraction of sp³-hybridized carbons (Fsp3) is 0.297. The lowest BCUT2D eigenvalue weighted by Crippen LogP contribution is -2.54. The summed E-state index contributed by atoms with van der Waals surface area (Å²) in [4.78, 5) is 30.2. The lowest BCUT2D eigenvalue weighted by Gasteiger charge is -2.34. The number of benzene rings is 4. The number of rotatable bonds is 13. The molecule has 0 bridgehead atoms. The van der Waals surface area contributed by atoms with Crippen molar-refractivity contribution in [3.8, 4) is 0 Å². The molecular formula is C37H42BrN3O4S. The molecule has 2 atom stereocenters. The highest BCUT2D eigenvalue weighted by Gasteiger charge is 2.35. The van der Waals surface area contributed by atoms with Crippen LogP contribution in [0.1, 0.15) is 48.1 Å². The maximum absolute atomic E-state index is 14.6. The number of nitrogens with zero attached hydrogens (tertiary/aromatic N) is 2. The molecule has 0 radical (unpaired) electrons. The molecule has 46 heavy (non-hydrogen) atoms. The Hall–Kier alpha value is -3.95. The highest BCUT2D eigenvalue weighted by atomic mass is 79.9. The van der Waals surface area contributed by atoms with Crippen molar-refractivity contribution in [3.05, 3.63) is 129 Å². The highest BCUT2D eigenvalue weighted by Crippen LogP contribution is 2.29. The molecule has 0 aliphatic rings. The Morgan fingerprint density at radius 3 is 2.11 bits per heavy atom. The third kappa shape index (κ3) is 8.85. The number of sulfonamides is 1. The van der Waals surface area contributed by atoms with Crippen LogP contribution < -0.4 is 9.62 Å². The average Bonchev–Trinajstić information content (AvgIpc) is 3.02. The summed E-state index contributed by atoms with van der Waals surface area (Å²) in [7, 11) is -4.16. The van der Waals surface area contributed by atoms with Gasteiger partial charge in [0, 0.05) is 23.5 Å². The van der Waals surface area contributed by atoms with Crippen LogP contribution in [-0.2, 0) is 32.6 Å². The van der Waals surface area contributed by atoms with E-state index in [1.54, 1.807) is 30.3 Å². The summed E-state index contributed by atoms with van der Waals surface area (Å²) >= 11 is 3.52. The Labute approximate surface area is 281 Å². The van der Waals surface area contributed by atoms with Gasteiger partial charge in [-0.25, -0.2) is 8.42 Å². The maximum atomic E-state index is 14.6. The second-order valence-electron chi connectivity index (χ2n) is 11.8. The Balaban J connectivity index is 1.83. The molecule has 0 aliphatic heterocycles. The number of hydrogen-bond donors (Lipinski definition) is 1. The van der Waals surface area contributed by atoms with E-state index in [-0.39, 0.29) is 29.8 Å². The van der Waals surface area contributed by atoms with Crippen LogP contribution in [0.25, 0.3) is 0 Å². The van der Waals surface area contributed by atoms with E-state index in [0.717, 1.165) is 38.7 Å². The highest BCUT2D eigenvalue weighted by molar-refractivity contribution is 9.10. The molecule has 0 saturated carbocycles. The molecule has 4 rings (SSSR count). The predicted molar refractivity (Wildman–Crippen MR) is 188 cm³/mol. The molecule has 0 fully saturated rings.